The average Bonchev–Trinajstić information content (AvgIpc) is 2.35. The van der Waals surface area contributed by atoms with E-state index in [1.165, 1.54) is 0 Å². The summed E-state index contributed by atoms with van der Waals surface area (Å²) in [5.74, 6) is 2.18. The minimum absolute atomic E-state index is 0.0803. The molecule has 3 heteroatoms. The Morgan fingerprint density at radius 1 is 0.842 bits per heavy atom. The zero-order chi connectivity index (χ0) is 13.7. The quantitative estimate of drug-likeness (QED) is 0.749. The second-order valence-corrected chi connectivity index (χ2v) is 5.18. The molecule has 0 fully saturated rings. The summed E-state index contributed by atoms with van der Waals surface area (Å²) in [6, 6.07) is 7.20. The highest BCUT2D eigenvalue weighted by molar-refractivity contribution is 5.59. The lowest BCUT2D eigenvalue weighted by Gasteiger charge is -2.27. The van der Waals surface area contributed by atoms with E-state index in [4.69, 9.17) is 4.74 Å². The van der Waals surface area contributed by atoms with Crippen molar-refractivity contribution in [3.05, 3.63) is 46.5 Å². The van der Waals surface area contributed by atoms with Crippen LogP contribution < -0.4 is 4.74 Å². The third-order valence-corrected chi connectivity index (χ3v) is 3.81. The molecule has 1 aliphatic rings. The number of hydrogen-bond acceptors (Lipinski definition) is 3. The summed E-state index contributed by atoms with van der Waals surface area (Å²) < 4.78 is 5.90. The molecule has 0 atom stereocenters. The van der Waals surface area contributed by atoms with E-state index < -0.39 is 0 Å². The van der Waals surface area contributed by atoms with Crippen molar-refractivity contribution in [2.24, 2.45) is 0 Å². The van der Waals surface area contributed by atoms with Crippen LogP contribution in [0.4, 0.5) is 0 Å². The van der Waals surface area contributed by atoms with Gasteiger partial charge in [-0.3, -0.25) is 0 Å². The van der Waals surface area contributed by atoms with Crippen molar-refractivity contribution in [3.8, 4) is 23.0 Å². The molecular formula is C16H16O3. The molecule has 0 bridgehead atoms. The first-order valence-electron chi connectivity index (χ1n) is 6.32. The summed E-state index contributed by atoms with van der Waals surface area (Å²) in [5.41, 5.74) is 3.48. The van der Waals surface area contributed by atoms with Crippen molar-refractivity contribution in [1.29, 1.82) is 0 Å². The van der Waals surface area contributed by atoms with Crippen molar-refractivity contribution in [2.45, 2.75) is 26.7 Å². The SMILES string of the molecule is Cc1cc2c(cc1O)C(C)c1cc(O)c(C)cc1O2. The van der Waals surface area contributed by atoms with E-state index >= 15 is 0 Å². The summed E-state index contributed by atoms with van der Waals surface area (Å²) >= 11 is 0. The fourth-order valence-electron chi connectivity index (χ4n) is 2.51. The number of ether oxygens (including phenoxy) is 1. The summed E-state index contributed by atoms with van der Waals surface area (Å²) in [6.45, 7) is 5.74. The minimum atomic E-state index is 0.0803. The molecule has 2 N–H and O–H groups in total. The van der Waals surface area contributed by atoms with Crippen LogP contribution in [0.25, 0.3) is 0 Å². The van der Waals surface area contributed by atoms with Crippen LogP contribution in [0.3, 0.4) is 0 Å². The molecule has 0 amide bonds. The van der Waals surface area contributed by atoms with Gasteiger partial charge in [0, 0.05) is 17.0 Å². The Morgan fingerprint density at radius 2 is 1.26 bits per heavy atom. The molecule has 0 unspecified atom stereocenters. The average molecular weight is 256 g/mol. The zero-order valence-corrected chi connectivity index (χ0v) is 11.2. The molecule has 98 valence electrons. The van der Waals surface area contributed by atoms with Crippen LogP contribution in [-0.4, -0.2) is 10.2 Å². The maximum Gasteiger partial charge on any atom is 0.131 e. The molecule has 3 rings (SSSR count). The highest BCUT2D eigenvalue weighted by atomic mass is 16.5. The number of phenolic OH excluding ortho intramolecular Hbond substituents is 2. The smallest absolute Gasteiger partial charge is 0.131 e. The Hall–Kier alpha value is -2.16. The predicted molar refractivity (Wildman–Crippen MR) is 73.3 cm³/mol. The fraction of sp³-hybridized carbons (Fsp3) is 0.250. The van der Waals surface area contributed by atoms with Crippen LogP contribution in [0, 0.1) is 13.8 Å². The Labute approximate surface area is 112 Å². The van der Waals surface area contributed by atoms with Gasteiger partial charge in [-0.1, -0.05) is 6.92 Å². The first-order chi connectivity index (χ1) is 8.97. The zero-order valence-electron chi connectivity index (χ0n) is 11.2. The molecule has 1 aliphatic heterocycles. The van der Waals surface area contributed by atoms with Gasteiger partial charge >= 0.3 is 0 Å². The third kappa shape index (κ3) is 1.73. The molecule has 2 aromatic rings. The number of aromatic hydroxyl groups is 2. The van der Waals surface area contributed by atoms with E-state index in [1.807, 2.05) is 32.9 Å². The molecule has 0 aromatic heterocycles. The second kappa shape index (κ2) is 3.92. The summed E-state index contributed by atoms with van der Waals surface area (Å²) in [6.07, 6.45) is 0. The second-order valence-electron chi connectivity index (χ2n) is 5.18. The van der Waals surface area contributed by atoms with Crippen LogP contribution in [0.1, 0.15) is 35.1 Å². The van der Waals surface area contributed by atoms with E-state index in [9.17, 15) is 10.2 Å². The van der Waals surface area contributed by atoms with Crippen LogP contribution in [0.15, 0.2) is 24.3 Å². The van der Waals surface area contributed by atoms with Gasteiger partial charge in [0.25, 0.3) is 0 Å². The normalized spacial score (nSPS) is 13.6. The van der Waals surface area contributed by atoms with Gasteiger partial charge in [-0.15, -0.1) is 0 Å². The van der Waals surface area contributed by atoms with Crippen molar-refractivity contribution in [2.75, 3.05) is 0 Å². The largest absolute Gasteiger partial charge is 0.508 e. The molecule has 0 aliphatic carbocycles. The maximum absolute atomic E-state index is 9.83. The maximum atomic E-state index is 9.83. The molecule has 0 radical (unpaired) electrons. The number of fused-ring (bicyclic) bond motifs is 2. The third-order valence-electron chi connectivity index (χ3n) is 3.81. The molecule has 1 heterocycles. The van der Waals surface area contributed by atoms with Gasteiger partial charge < -0.3 is 14.9 Å². The highest BCUT2D eigenvalue weighted by Crippen LogP contribution is 2.47. The topological polar surface area (TPSA) is 49.7 Å². The van der Waals surface area contributed by atoms with Gasteiger partial charge in [0.05, 0.1) is 0 Å². The Bertz CT molecular complexity index is 617. The molecular weight excluding hydrogens is 240 g/mol. The Balaban J connectivity index is 2.20. The summed E-state index contributed by atoms with van der Waals surface area (Å²) in [5, 5.41) is 19.7. The molecule has 2 aromatic carbocycles. The molecule has 0 spiro atoms. The first kappa shape index (κ1) is 11.9. The number of aryl methyl sites for hydroxylation is 2. The highest BCUT2D eigenvalue weighted by Gasteiger charge is 2.26. The monoisotopic (exact) mass is 256 g/mol. The van der Waals surface area contributed by atoms with Gasteiger partial charge in [-0.2, -0.15) is 0 Å². The first-order valence-corrected chi connectivity index (χ1v) is 6.32. The van der Waals surface area contributed by atoms with Crippen molar-refractivity contribution in [3.63, 3.8) is 0 Å². The van der Waals surface area contributed by atoms with Gasteiger partial charge in [0.1, 0.15) is 23.0 Å². The molecule has 0 saturated heterocycles. The van der Waals surface area contributed by atoms with E-state index in [0.29, 0.717) is 0 Å². The lowest BCUT2D eigenvalue weighted by atomic mass is 9.88. The van der Waals surface area contributed by atoms with Crippen molar-refractivity contribution < 1.29 is 14.9 Å². The molecule has 19 heavy (non-hydrogen) atoms. The van der Waals surface area contributed by atoms with E-state index in [2.05, 4.69) is 0 Å². The standard InChI is InChI=1S/C16H16O3/c1-8-4-15-11(6-13(8)17)10(3)12-7-14(18)9(2)5-16(12)19-15/h4-7,10,17-18H,1-3H3. The Morgan fingerprint density at radius 3 is 1.68 bits per heavy atom. The van der Waals surface area contributed by atoms with Crippen molar-refractivity contribution >= 4 is 0 Å². The van der Waals surface area contributed by atoms with Crippen LogP contribution in [-0.2, 0) is 0 Å². The van der Waals surface area contributed by atoms with Gasteiger partial charge in [0.15, 0.2) is 0 Å². The number of hydrogen-bond donors (Lipinski definition) is 2. The van der Waals surface area contributed by atoms with Crippen LogP contribution >= 0.6 is 0 Å². The molecule has 3 nitrogen and oxygen atoms in total. The van der Waals surface area contributed by atoms with Crippen molar-refractivity contribution in [1.82, 2.24) is 0 Å². The van der Waals surface area contributed by atoms with Gasteiger partial charge in [-0.05, 0) is 49.2 Å². The van der Waals surface area contributed by atoms with Crippen LogP contribution in [0.5, 0.6) is 23.0 Å². The predicted octanol–water partition coefficient (Wildman–Crippen LogP) is 3.97. The van der Waals surface area contributed by atoms with E-state index in [1.54, 1.807) is 12.1 Å². The van der Waals surface area contributed by atoms with E-state index in [0.717, 1.165) is 33.8 Å². The number of phenols is 2. The van der Waals surface area contributed by atoms with Crippen LogP contribution in [0.2, 0.25) is 0 Å². The number of benzene rings is 2. The molecule has 0 saturated carbocycles. The lowest BCUT2D eigenvalue weighted by Crippen LogP contribution is -2.08. The van der Waals surface area contributed by atoms with Gasteiger partial charge in [0.2, 0.25) is 0 Å². The van der Waals surface area contributed by atoms with Gasteiger partial charge in [-0.25, -0.2) is 0 Å². The number of rotatable bonds is 0. The summed E-state index contributed by atoms with van der Waals surface area (Å²) in [4.78, 5) is 0. The minimum Gasteiger partial charge on any atom is -0.508 e. The Kier molecular flexibility index (Phi) is 2.45. The summed E-state index contributed by atoms with van der Waals surface area (Å²) in [7, 11) is 0. The van der Waals surface area contributed by atoms with E-state index in [-0.39, 0.29) is 17.4 Å². The fourth-order valence-corrected chi connectivity index (χ4v) is 2.51. The lowest BCUT2D eigenvalue weighted by molar-refractivity contribution is 0.431.